The van der Waals surface area contributed by atoms with Gasteiger partial charge in [-0.05, 0) is 31.0 Å². The van der Waals surface area contributed by atoms with Crippen LogP contribution >= 0.6 is 0 Å². The van der Waals surface area contributed by atoms with E-state index in [2.05, 4.69) is 35.4 Å². The zero-order chi connectivity index (χ0) is 12.8. The molecule has 2 N–H and O–H groups in total. The summed E-state index contributed by atoms with van der Waals surface area (Å²) >= 11 is 0. The molecule has 0 spiro atoms. The first-order valence-electron chi connectivity index (χ1n) is 6.46. The van der Waals surface area contributed by atoms with Crippen LogP contribution in [0.25, 0.3) is 10.9 Å². The Morgan fingerprint density at radius 1 is 1.22 bits per heavy atom. The third-order valence-corrected chi connectivity index (χ3v) is 3.08. The number of hydrogen-bond donors (Lipinski definition) is 2. The number of nitrogens with zero attached hydrogens (tertiary/aromatic N) is 1. The van der Waals surface area contributed by atoms with Gasteiger partial charge in [-0.25, -0.2) is 0 Å². The minimum atomic E-state index is 0.261. The molecule has 0 aliphatic heterocycles. The van der Waals surface area contributed by atoms with Crippen molar-refractivity contribution < 1.29 is 5.11 Å². The van der Waals surface area contributed by atoms with E-state index < -0.39 is 0 Å². The SMILES string of the molecule is CC(CCO)CNCc1ccc2ccccc2n1. The van der Waals surface area contributed by atoms with Crippen molar-refractivity contribution in [3.05, 3.63) is 42.1 Å². The van der Waals surface area contributed by atoms with Crippen molar-refractivity contribution in [3.63, 3.8) is 0 Å². The molecule has 0 bridgehead atoms. The van der Waals surface area contributed by atoms with Gasteiger partial charge in [0.1, 0.15) is 0 Å². The van der Waals surface area contributed by atoms with Crippen molar-refractivity contribution in [2.75, 3.05) is 13.2 Å². The average molecular weight is 244 g/mol. The first-order valence-corrected chi connectivity index (χ1v) is 6.46. The highest BCUT2D eigenvalue weighted by Crippen LogP contribution is 2.11. The monoisotopic (exact) mass is 244 g/mol. The van der Waals surface area contributed by atoms with Gasteiger partial charge in [-0.2, -0.15) is 0 Å². The van der Waals surface area contributed by atoms with E-state index in [1.165, 1.54) is 5.39 Å². The largest absolute Gasteiger partial charge is 0.396 e. The Labute approximate surface area is 108 Å². The Bertz CT molecular complexity index is 499. The van der Waals surface area contributed by atoms with Crippen LogP contribution in [0, 0.1) is 5.92 Å². The van der Waals surface area contributed by atoms with Crippen LogP contribution in [0.4, 0.5) is 0 Å². The fraction of sp³-hybridized carbons (Fsp3) is 0.400. The fourth-order valence-electron chi connectivity index (χ4n) is 1.98. The highest BCUT2D eigenvalue weighted by molar-refractivity contribution is 5.78. The standard InChI is InChI=1S/C15H20N2O/c1-12(8-9-18)10-16-11-14-7-6-13-4-2-3-5-15(13)17-14/h2-7,12,16,18H,8-11H2,1H3. The summed E-state index contributed by atoms with van der Waals surface area (Å²) in [6, 6.07) is 12.3. The zero-order valence-electron chi connectivity index (χ0n) is 10.8. The van der Waals surface area contributed by atoms with Crippen LogP contribution in [-0.4, -0.2) is 23.2 Å². The molecule has 1 heterocycles. The molecule has 18 heavy (non-hydrogen) atoms. The van der Waals surface area contributed by atoms with E-state index in [0.29, 0.717) is 5.92 Å². The summed E-state index contributed by atoms with van der Waals surface area (Å²) < 4.78 is 0. The predicted octanol–water partition coefficient (Wildman–Crippen LogP) is 2.34. The molecular formula is C15H20N2O. The molecule has 1 unspecified atom stereocenters. The van der Waals surface area contributed by atoms with E-state index >= 15 is 0 Å². The first kappa shape index (κ1) is 13.0. The molecule has 1 aromatic heterocycles. The predicted molar refractivity (Wildman–Crippen MR) is 74.3 cm³/mol. The van der Waals surface area contributed by atoms with Crippen LogP contribution in [0.3, 0.4) is 0 Å². The lowest BCUT2D eigenvalue weighted by molar-refractivity contribution is 0.260. The van der Waals surface area contributed by atoms with E-state index in [-0.39, 0.29) is 6.61 Å². The topological polar surface area (TPSA) is 45.1 Å². The normalized spacial score (nSPS) is 12.8. The lowest BCUT2D eigenvalue weighted by Crippen LogP contribution is -2.21. The third kappa shape index (κ3) is 3.52. The van der Waals surface area contributed by atoms with Gasteiger partial charge in [0.05, 0.1) is 11.2 Å². The summed E-state index contributed by atoms with van der Waals surface area (Å²) in [7, 11) is 0. The second-order valence-electron chi connectivity index (χ2n) is 4.74. The molecule has 0 radical (unpaired) electrons. The van der Waals surface area contributed by atoms with E-state index in [9.17, 15) is 0 Å². The number of aliphatic hydroxyl groups excluding tert-OH is 1. The zero-order valence-corrected chi connectivity index (χ0v) is 10.8. The molecular weight excluding hydrogens is 224 g/mol. The summed E-state index contributed by atoms with van der Waals surface area (Å²) in [5, 5.41) is 13.4. The summed E-state index contributed by atoms with van der Waals surface area (Å²) in [6.07, 6.45) is 0.845. The van der Waals surface area contributed by atoms with Crippen LogP contribution in [0.5, 0.6) is 0 Å². The minimum Gasteiger partial charge on any atom is -0.396 e. The van der Waals surface area contributed by atoms with Crippen molar-refractivity contribution in [2.45, 2.75) is 19.9 Å². The lowest BCUT2D eigenvalue weighted by Gasteiger charge is -2.10. The van der Waals surface area contributed by atoms with Gasteiger partial charge in [0.15, 0.2) is 0 Å². The summed E-state index contributed by atoms with van der Waals surface area (Å²) in [4.78, 5) is 4.61. The van der Waals surface area contributed by atoms with Gasteiger partial charge in [0.2, 0.25) is 0 Å². The van der Waals surface area contributed by atoms with Gasteiger partial charge in [-0.3, -0.25) is 4.98 Å². The number of benzene rings is 1. The van der Waals surface area contributed by atoms with Crippen LogP contribution in [0.1, 0.15) is 19.0 Å². The molecule has 3 heteroatoms. The van der Waals surface area contributed by atoms with Gasteiger partial charge >= 0.3 is 0 Å². The summed E-state index contributed by atoms with van der Waals surface area (Å²) in [6.45, 7) is 4.09. The Morgan fingerprint density at radius 3 is 2.89 bits per heavy atom. The number of fused-ring (bicyclic) bond motifs is 1. The lowest BCUT2D eigenvalue weighted by atomic mass is 10.1. The van der Waals surface area contributed by atoms with Gasteiger partial charge in [-0.1, -0.05) is 31.2 Å². The Hall–Kier alpha value is -1.45. The Kier molecular flexibility index (Phi) is 4.67. The van der Waals surface area contributed by atoms with Crippen LogP contribution in [-0.2, 0) is 6.54 Å². The highest BCUT2D eigenvalue weighted by atomic mass is 16.3. The van der Waals surface area contributed by atoms with Crippen molar-refractivity contribution in [3.8, 4) is 0 Å². The summed E-state index contributed by atoms with van der Waals surface area (Å²) in [5.41, 5.74) is 2.10. The summed E-state index contributed by atoms with van der Waals surface area (Å²) in [5.74, 6) is 0.496. The highest BCUT2D eigenvalue weighted by Gasteiger charge is 2.01. The quantitative estimate of drug-likeness (QED) is 0.820. The second-order valence-corrected chi connectivity index (χ2v) is 4.74. The van der Waals surface area contributed by atoms with Crippen molar-refractivity contribution in [2.24, 2.45) is 5.92 Å². The fourth-order valence-corrected chi connectivity index (χ4v) is 1.98. The number of pyridine rings is 1. The molecule has 2 aromatic rings. The maximum atomic E-state index is 8.83. The van der Waals surface area contributed by atoms with Gasteiger partial charge in [-0.15, -0.1) is 0 Å². The number of hydrogen-bond acceptors (Lipinski definition) is 3. The van der Waals surface area contributed by atoms with E-state index in [1.54, 1.807) is 0 Å². The molecule has 0 amide bonds. The van der Waals surface area contributed by atoms with Gasteiger partial charge < -0.3 is 10.4 Å². The smallest absolute Gasteiger partial charge is 0.0705 e. The molecule has 1 atom stereocenters. The van der Waals surface area contributed by atoms with Crippen molar-refractivity contribution >= 4 is 10.9 Å². The number of nitrogens with one attached hydrogen (secondary N) is 1. The van der Waals surface area contributed by atoms with Crippen molar-refractivity contribution in [1.82, 2.24) is 10.3 Å². The molecule has 0 saturated carbocycles. The van der Waals surface area contributed by atoms with Gasteiger partial charge in [0, 0.05) is 18.5 Å². The third-order valence-electron chi connectivity index (χ3n) is 3.08. The molecule has 96 valence electrons. The Morgan fingerprint density at radius 2 is 2.06 bits per heavy atom. The molecule has 3 nitrogen and oxygen atoms in total. The number of rotatable bonds is 6. The second kappa shape index (κ2) is 6.47. The van der Waals surface area contributed by atoms with Crippen LogP contribution in [0.2, 0.25) is 0 Å². The number of aliphatic hydroxyl groups is 1. The van der Waals surface area contributed by atoms with E-state index in [1.807, 2.05) is 18.2 Å². The molecule has 2 rings (SSSR count). The van der Waals surface area contributed by atoms with Crippen molar-refractivity contribution in [1.29, 1.82) is 0 Å². The average Bonchev–Trinajstić information content (AvgIpc) is 2.39. The Balaban J connectivity index is 1.91. The van der Waals surface area contributed by atoms with Crippen LogP contribution in [0.15, 0.2) is 36.4 Å². The van der Waals surface area contributed by atoms with E-state index in [0.717, 1.165) is 30.7 Å². The molecule has 0 fully saturated rings. The van der Waals surface area contributed by atoms with E-state index in [4.69, 9.17) is 5.11 Å². The molecule has 0 aliphatic carbocycles. The maximum absolute atomic E-state index is 8.83. The first-order chi connectivity index (χ1) is 8.79. The molecule has 1 aromatic carbocycles. The van der Waals surface area contributed by atoms with Gasteiger partial charge in [0.25, 0.3) is 0 Å². The molecule has 0 saturated heterocycles. The maximum Gasteiger partial charge on any atom is 0.0705 e. The molecule has 0 aliphatic rings. The number of para-hydroxylation sites is 1. The number of aromatic nitrogens is 1. The minimum absolute atomic E-state index is 0.261. The van der Waals surface area contributed by atoms with Crippen LogP contribution < -0.4 is 5.32 Å².